The van der Waals surface area contributed by atoms with E-state index in [2.05, 4.69) is 15.1 Å². The van der Waals surface area contributed by atoms with Gasteiger partial charge in [-0.1, -0.05) is 30.3 Å². The first-order valence-corrected chi connectivity index (χ1v) is 10.1. The Morgan fingerprint density at radius 1 is 1.00 bits per heavy atom. The summed E-state index contributed by atoms with van der Waals surface area (Å²) in [7, 11) is 1.51. The number of hydrogen-bond donors (Lipinski definition) is 0. The van der Waals surface area contributed by atoms with Crippen LogP contribution in [-0.2, 0) is 6.18 Å². The lowest BCUT2D eigenvalue weighted by Gasteiger charge is -2.15. The van der Waals surface area contributed by atoms with Crippen molar-refractivity contribution in [2.24, 2.45) is 0 Å². The maximum absolute atomic E-state index is 13.0. The van der Waals surface area contributed by atoms with Crippen LogP contribution in [0.5, 0.6) is 11.6 Å². The van der Waals surface area contributed by atoms with Crippen LogP contribution in [0.1, 0.15) is 35.6 Å². The average Bonchev–Trinajstić information content (AvgIpc) is 3.16. The smallest absolute Gasteiger partial charge is 0.416 e. The lowest BCUT2D eigenvalue weighted by Crippen LogP contribution is -2.11. The van der Waals surface area contributed by atoms with Crippen LogP contribution in [0.2, 0.25) is 0 Å². The normalized spacial score (nSPS) is 12.9. The monoisotopic (exact) mass is 454 g/mol. The van der Waals surface area contributed by atoms with Gasteiger partial charge in [0.25, 0.3) is 0 Å². The molecule has 0 saturated carbocycles. The van der Waals surface area contributed by atoms with E-state index in [1.54, 1.807) is 17.7 Å². The number of methoxy groups -OCH3 is 1. The summed E-state index contributed by atoms with van der Waals surface area (Å²) >= 11 is 0. The molecule has 170 valence electrons. The molecule has 0 aliphatic heterocycles. The largest absolute Gasteiger partial charge is 0.480 e. The van der Waals surface area contributed by atoms with Crippen molar-refractivity contribution >= 4 is 17.1 Å². The molecule has 4 aromatic rings. The molecule has 0 aliphatic rings. The van der Waals surface area contributed by atoms with Crippen molar-refractivity contribution in [2.45, 2.75) is 26.1 Å². The number of nitrogens with zero attached hydrogens (tertiary/aromatic N) is 4. The van der Waals surface area contributed by atoms with Crippen molar-refractivity contribution in [3.05, 3.63) is 83.5 Å². The van der Waals surface area contributed by atoms with E-state index in [4.69, 9.17) is 9.47 Å². The van der Waals surface area contributed by atoms with Gasteiger partial charge in [-0.15, -0.1) is 0 Å². The molecule has 1 atom stereocenters. The topological polar surface area (TPSA) is 62.1 Å². The van der Waals surface area contributed by atoms with Gasteiger partial charge in [0.15, 0.2) is 5.65 Å². The number of benzene rings is 2. The van der Waals surface area contributed by atoms with Gasteiger partial charge in [0.2, 0.25) is 5.88 Å². The molecular formula is C24H21F3N4O2. The number of fused-ring (bicyclic) bond motifs is 1. The molecule has 4 rings (SSSR count). The number of ether oxygens (including phenoxy) is 2. The second-order valence-corrected chi connectivity index (χ2v) is 7.34. The van der Waals surface area contributed by atoms with Gasteiger partial charge in [0.1, 0.15) is 22.7 Å². The zero-order valence-corrected chi connectivity index (χ0v) is 18.2. The van der Waals surface area contributed by atoms with Gasteiger partial charge >= 0.3 is 6.18 Å². The van der Waals surface area contributed by atoms with Crippen LogP contribution in [-0.4, -0.2) is 26.9 Å². The molecule has 1 unspecified atom stereocenters. The van der Waals surface area contributed by atoms with Gasteiger partial charge in [-0.05, 0) is 43.7 Å². The zero-order valence-electron chi connectivity index (χ0n) is 18.2. The van der Waals surface area contributed by atoms with Gasteiger partial charge in [-0.3, -0.25) is 0 Å². The van der Waals surface area contributed by atoms with E-state index in [9.17, 15) is 13.2 Å². The SMILES string of the molecule is COc1nc(C)nc2c1c(C=COc1ccccc1)nn2C(C)c1ccc(C(F)(F)F)cc1. The van der Waals surface area contributed by atoms with Crippen LogP contribution in [0.15, 0.2) is 60.9 Å². The number of rotatable bonds is 6. The minimum atomic E-state index is -4.39. The molecule has 0 bridgehead atoms. The lowest BCUT2D eigenvalue weighted by atomic mass is 10.1. The molecule has 0 saturated heterocycles. The third kappa shape index (κ3) is 4.67. The van der Waals surface area contributed by atoms with E-state index < -0.39 is 17.8 Å². The summed E-state index contributed by atoms with van der Waals surface area (Å²) in [5, 5.41) is 5.24. The Kier molecular flexibility index (Phi) is 6.04. The number of aryl methyl sites for hydroxylation is 1. The highest BCUT2D eigenvalue weighted by Gasteiger charge is 2.30. The second kappa shape index (κ2) is 8.93. The van der Waals surface area contributed by atoms with Crippen molar-refractivity contribution < 1.29 is 22.6 Å². The highest BCUT2D eigenvalue weighted by Crippen LogP contribution is 2.33. The average molecular weight is 454 g/mol. The van der Waals surface area contributed by atoms with Gasteiger partial charge in [-0.2, -0.15) is 23.3 Å². The minimum Gasteiger partial charge on any atom is -0.480 e. The van der Waals surface area contributed by atoms with Crippen molar-refractivity contribution in [2.75, 3.05) is 7.11 Å². The second-order valence-electron chi connectivity index (χ2n) is 7.34. The first kappa shape index (κ1) is 22.3. The summed E-state index contributed by atoms with van der Waals surface area (Å²) in [5.41, 5.74) is 0.964. The van der Waals surface area contributed by atoms with Gasteiger partial charge in [-0.25, -0.2) is 9.67 Å². The summed E-state index contributed by atoms with van der Waals surface area (Å²) < 4.78 is 51.6. The van der Waals surface area contributed by atoms with Crippen molar-refractivity contribution in [3.8, 4) is 11.6 Å². The molecule has 0 spiro atoms. The molecule has 0 radical (unpaired) electrons. The Morgan fingerprint density at radius 2 is 1.70 bits per heavy atom. The van der Waals surface area contributed by atoms with Crippen LogP contribution < -0.4 is 9.47 Å². The standard InChI is InChI=1S/C24H21F3N4O2/c1-15(17-9-11-18(12-10-17)24(25,26)27)31-22-21(23(32-3)29-16(2)28-22)20(30-31)13-14-33-19-7-5-4-6-8-19/h4-15H,1-3H3. The maximum atomic E-state index is 13.0. The summed E-state index contributed by atoms with van der Waals surface area (Å²) in [4.78, 5) is 8.87. The summed E-state index contributed by atoms with van der Waals surface area (Å²) in [6.07, 6.45) is -1.22. The van der Waals surface area contributed by atoms with E-state index in [-0.39, 0.29) is 0 Å². The van der Waals surface area contributed by atoms with Crippen LogP contribution in [0.4, 0.5) is 13.2 Å². The molecule has 0 fully saturated rings. The van der Waals surface area contributed by atoms with E-state index in [0.29, 0.717) is 39.7 Å². The van der Waals surface area contributed by atoms with Crippen LogP contribution >= 0.6 is 0 Å². The molecule has 2 heterocycles. The Bertz CT molecular complexity index is 1280. The Morgan fingerprint density at radius 3 is 2.33 bits per heavy atom. The highest BCUT2D eigenvalue weighted by atomic mass is 19.4. The lowest BCUT2D eigenvalue weighted by molar-refractivity contribution is -0.137. The van der Waals surface area contributed by atoms with E-state index in [1.165, 1.54) is 25.5 Å². The predicted molar refractivity (Wildman–Crippen MR) is 118 cm³/mol. The number of halogens is 3. The fourth-order valence-electron chi connectivity index (χ4n) is 3.44. The fraction of sp³-hybridized carbons (Fsp3) is 0.208. The number of alkyl halides is 3. The Labute approximate surface area is 188 Å². The molecule has 0 aliphatic carbocycles. The number of para-hydroxylation sites is 1. The third-order valence-electron chi connectivity index (χ3n) is 5.11. The summed E-state index contributed by atoms with van der Waals surface area (Å²) in [5.74, 6) is 1.49. The molecule has 2 aromatic carbocycles. The van der Waals surface area contributed by atoms with Crippen molar-refractivity contribution in [1.29, 1.82) is 0 Å². The molecule has 0 N–H and O–H groups in total. The molecule has 0 amide bonds. The zero-order chi connectivity index (χ0) is 23.6. The predicted octanol–water partition coefficient (Wildman–Crippen LogP) is 5.82. The fourth-order valence-corrected chi connectivity index (χ4v) is 3.44. The summed E-state index contributed by atoms with van der Waals surface area (Å²) in [6, 6.07) is 13.9. The van der Waals surface area contributed by atoms with Crippen LogP contribution in [0, 0.1) is 6.92 Å². The highest BCUT2D eigenvalue weighted by molar-refractivity contribution is 5.89. The molecule has 33 heavy (non-hydrogen) atoms. The first-order chi connectivity index (χ1) is 15.8. The maximum Gasteiger partial charge on any atom is 0.416 e. The molecule has 6 nitrogen and oxygen atoms in total. The number of hydrogen-bond acceptors (Lipinski definition) is 5. The van der Waals surface area contributed by atoms with E-state index in [1.807, 2.05) is 37.3 Å². The Hall–Kier alpha value is -3.88. The van der Waals surface area contributed by atoms with Crippen LogP contribution in [0.25, 0.3) is 17.1 Å². The van der Waals surface area contributed by atoms with Gasteiger partial charge in [0, 0.05) is 6.08 Å². The van der Waals surface area contributed by atoms with Crippen LogP contribution in [0.3, 0.4) is 0 Å². The van der Waals surface area contributed by atoms with E-state index in [0.717, 1.165) is 12.1 Å². The quantitative estimate of drug-likeness (QED) is 0.344. The molecular weight excluding hydrogens is 433 g/mol. The Balaban J connectivity index is 1.75. The van der Waals surface area contributed by atoms with Gasteiger partial charge in [0.05, 0.1) is 25.0 Å². The number of aromatic nitrogens is 4. The minimum absolute atomic E-state index is 0.350. The van der Waals surface area contributed by atoms with Gasteiger partial charge < -0.3 is 9.47 Å². The third-order valence-corrected chi connectivity index (χ3v) is 5.11. The first-order valence-electron chi connectivity index (χ1n) is 10.1. The molecule has 9 heteroatoms. The van der Waals surface area contributed by atoms with Crippen molar-refractivity contribution in [3.63, 3.8) is 0 Å². The van der Waals surface area contributed by atoms with Crippen molar-refractivity contribution in [1.82, 2.24) is 19.7 Å². The summed E-state index contributed by atoms with van der Waals surface area (Å²) in [6.45, 7) is 3.57. The van der Waals surface area contributed by atoms with E-state index >= 15 is 0 Å². The molecule has 2 aromatic heterocycles.